The molecule has 1 unspecified atom stereocenters. The maximum atomic E-state index is 13.6. The van der Waals surface area contributed by atoms with E-state index in [0.29, 0.717) is 41.6 Å². The first-order valence-corrected chi connectivity index (χ1v) is 12.4. The number of nitrogens with one attached hydrogen (secondary N) is 1. The van der Waals surface area contributed by atoms with Crippen molar-refractivity contribution < 1.29 is 9.53 Å². The summed E-state index contributed by atoms with van der Waals surface area (Å²) in [6, 6.07) is 15.0. The highest BCUT2D eigenvalue weighted by Gasteiger charge is 2.27. The summed E-state index contributed by atoms with van der Waals surface area (Å²) in [7, 11) is 0. The van der Waals surface area contributed by atoms with Crippen molar-refractivity contribution in [3.05, 3.63) is 86.0 Å². The van der Waals surface area contributed by atoms with Crippen molar-refractivity contribution in [1.82, 2.24) is 24.5 Å². The zero-order valence-electron chi connectivity index (χ0n) is 18.7. The predicted molar refractivity (Wildman–Crippen MR) is 135 cm³/mol. The van der Waals surface area contributed by atoms with Crippen molar-refractivity contribution in [2.75, 3.05) is 19.7 Å². The Morgan fingerprint density at radius 1 is 1.20 bits per heavy atom. The average molecular weight is 506 g/mol. The van der Waals surface area contributed by atoms with Crippen molar-refractivity contribution in [1.29, 1.82) is 0 Å². The molecule has 176 valence electrons. The molecule has 1 fully saturated rings. The van der Waals surface area contributed by atoms with E-state index >= 15 is 0 Å². The number of amides is 1. The molecule has 1 saturated heterocycles. The minimum absolute atomic E-state index is 0.102. The van der Waals surface area contributed by atoms with E-state index in [4.69, 9.17) is 16.3 Å². The smallest absolute Gasteiger partial charge is 0.294 e. The summed E-state index contributed by atoms with van der Waals surface area (Å²) in [5.41, 5.74) is 3.47. The molecule has 5 aromatic rings. The van der Waals surface area contributed by atoms with E-state index in [2.05, 4.69) is 15.2 Å². The Kier molecular flexibility index (Phi) is 5.40. The highest BCUT2D eigenvalue weighted by molar-refractivity contribution is 7.13. The molecule has 0 saturated carbocycles. The first-order valence-electron chi connectivity index (χ1n) is 11.1. The molecule has 0 bridgehead atoms. The number of carbonyl (C=O) groups is 1. The number of hydrogen-bond acceptors (Lipinski definition) is 6. The summed E-state index contributed by atoms with van der Waals surface area (Å²) in [6.45, 7) is 3.26. The van der Waals surface area contributed by atoms with E-state index in [-0.39, 0.29) is 23.2 Å². The molecule has 35 heavy (non-hydrogen) atoms. The van der Waals surface area contributed by atoms with Crippen LogP contribution in [0.1, 0.15) is 27.6 Å². The number of morpholine rings is 1. The largest absolute Gasteiger partial charge is 0.370 e. The number of thiophene rings is 1. The molecule has 3 aromatic heterocycles. The fourth-order valence-electron chi connectivity index (χ4n) is 4.49. The molecular formula is C25H20ClN5O3S. The number of nitrogens with zero attached hydrogens (tertiary/aromatic N) is 4. The maximum Gasteiger partial charge on any atom is 0.294 e. The fraction of sp³-hybridized carbons (Fsp3) is 0.200. The molecule has 4 heterocycles. The number of halogens is 1. The zero-order valence-corrected chi connectivity index (χ0v) is 20.3. The monoisotopic (exact) mass is 505 g/mol. The predicted octanol–water partition coefficient (Wildman–Crippen LogP) is 4.47. The van der Waals surface area contributed by atoms with E-state index in [1.54, 1.807) is 15.4 Å². The van der Waals surface area contributed by atoms with E-state index in [9.17, 15) is 9.59 Å². The first kappa shape index (κ1) is 22.0. The van der Waals surface area contributed by atoms with Gasteiger partial charge in [0.25, 0.3) is 11.5 Å². The number of fused-ring (bicyclic) bond motifs is 3. The Labute approximate surface area is 208 Å². The lowest BCUT2D eigenvalue weighted by molar-refractivity contribution is -0.0228. The zero-order chi connectivity index (χ0) is 24.1. The van der Waals surface area contributed by atoms with Crippen LogP contribution in [0.3, 0.4) is 0 Å². The Hall–Kier alpha value is -3.53. The third kappa shape index (κ3) is 3.81. The number of aryl methyl sites for hydroxylation is 1. The van der Waals surface area contributed by atoms with Crippen molar-refractivity contribution in [3.8, 4) is 10.7 Å². The molecular weight excluding hydrogens is 486 g/mol. The van der Waals surface area contributed by atoms with Crippen LogP contribution in [0.15, 0.2) is 58.7 Å². The van der Waals surface area contributed by atoms with Crippen molar-refractivity contribution in [2.45, 2.75) is 13.0 Å². The van der Waals surface area contributed by atoms with Gasteiger partial charge in [-0.3, -0.25) is 14.0 Å². The lowest BCUT2D eigenvalue weighted by Crippen LogP contribution is -2.42. The molecule has 1 aliphatic rings. The van der Waals surface area contributed by atoms with Crippen LogP contribution in [-0.4, -0.2) is 50.1 Å². The van der Waals surface area contributed by atoms with Crippen LogP contribution in [0.25, 0.3) is 27.4 Å². The summed E-state index contributed by atoms with van der Waals surface area (Å²) in [6.07, 6.45) is -0.226. The van der Waals surface area contributed by atoms with Crippen LogP contribution in [0.4, 0.5) is 0 Å². The van der Waals surface area contributed by atoms with E-state index in [1.165, 1.54) is 11.3 Å². The second kappa shape index (κ2) is 8.60. The van der Waals surface area contributed by atoms with Gasteiger partial charge < -0.3 is 14.6 Å². The second-order valence-corrected chi connectivity index (χ2v) is 9.84. The molecule has 0 spiro atoms. The maximum absolute atomic E-state index is 13.6. The molecule has 1 N–H and O–H groups in total. The van der Waals surface area contributed by atoms with E-state index < -0.39 is 0 Å². The summed E-state index contributed by atoms with van der Waals surface area (Å²) in [4.78, 5) is 31.9. The van der Waals surface area contributed by atoms with Crippen molar-refractivity contribution >= 4 is 45.5 Å². The second-order valence-electron chi connectivity index (χ2n) is 8.46. The molecule has 0 aliphatic carbocycles. The van der Waals surface area contributed by atoms with Gasteiger partial charge in [-0.25, -0.2) is 0 Å². The van der Waals surface area contributed by atoms with Crippen LogP contribution in [-0.2, 0) is 4.74 Å². The van der Waals surface area contributed by atoms with Crippen LogP contribution in [0.2, 0.25) is 5.02 Å². The lowest BCUT2D eigenvalue weighted by atomic mass is 10.0. The molecule has 1 amide bonds. The van der Waals surface area contributed by atoms with Gasteiger partial charge in [-0.15, -0.1) is 21.5 Å². The van der Waals surface area contributed by atoms with Crippen LogP contribution >= 0.6 is 22.9 Å². The van der Waals surface area contributed by atoms with Gasteiger partial charge in [0.2, 0.25) is 5.65 Å². The molecule has 1 aliphatic heterocycles. The Balaban J connectivity index is 1.39. The summed E-state index contributed by atoms with van der Waals surface area (Å²) >= 11 is 7.54. The third-order valence-corrected chi connectivity index (χ3v) is 7.38. The minimum atomic E-state index is -0.357. The van der Waals surface area contributed by atoms with Crippen LogP contribution < -0.4 is 5.56 Å². The lowest BCUT2D eigenvalue weighted by Gasteiger charge is -2.33. The Morgan fingerprint density at radius 3 is 2.80 bits per heavy atom. The van der Waals surface area contributed by atoms with Crippen LogP contribution in [0, 0.1) is 6.92 Å². The van der Waals surface area contributed by atoms with Gasteiger partial charge in [-0.2, -0.15) is 0 Å². The summed E-state index contributed by atoms with van der Waals surface area (Å²) < 4.78 is 7.68. The molecule has 0 radical (unpaired) electrons. The number of H-pyrrole nitrogens is 1. The Morgan fingerprint density at radius 2 is 2.03 bits per heavy atom. The number of aromatic amines is 1. The summed E-state index contributed by atoms with van der Waals surface area (Å²) in [5.74, 6) is 0.499. The van der Waals surface area contributed by atoms with Gasteiger partial charge in [-0.1, -0.05) is 29.8 Å². The topological polar surface area (TPSA) is 92.6 Å². The Bertz CT molecular complexity index is 1630. The van der Waals surface area contributed by atoms with Gasteiger partial charge >= 0.3 is 0 Å². The number of ether oxygens (including phenoxy) is 1. The summed E-state index contributed by atoms with van der Waals surface area (Å²) in [5, 5.41) is 11.0. The van der Waals surface area contributed by atoms with E-state index in [1.807, 2.05) is 54.8 Å². The van der Waals surface area contributed by atoms with Gasteiger partial charge in [0.15, 0.2) is 5.82 Å². The molecule has 2 aromatic carbocycles. The molecule has 1 atom stereocenters. The number of aromatic nitrogens is 4. The standard InChI is InChI=1S/C25H20ClN5O3S/c1-14-11-19-18(27-24(32)23-29-28-22(31(19)23)21-3-2-10-35-21)12-17(14)25(33)30-8-9-34-20(13-30)15-4-6-16(26)7-5-15/h2-7,10-12,20H,8-9,13H2,1H3,(H,27,32). The molecule has 10 heteroatoms. The van der Waals surface area contributed by atoms with E-state index in [0.717, 1.165) is 21.5 Å². The van der Waals surface area contributed by atoms with Gasteiger partial charge in [0.1, 0.15) is 6.10 Å². The number of hydrogen-bond donors (Lipinski definition) is 1. The van der Waals surface area contributed by atoms with Gasteiger partial charge in [0, 0.05) is 17.1 Å². The fourth-order valence-corrected chi connectivity index (χ4v) is 5.32. The number of rotatable bonds is 3. The molecule has 6 rings (SSSR count). The van der Waals surface area contributed by atoms with Crippen LogP contribution in [0.5, 0.6) is 0 Å². The first-order chi connectivity index (χ1) is 17.0. The minimum Gasteiger partial charge on any atom is -0.370 e. The SMILES string of the molecule is Cc1cc2c(cc1C(=O)N1CCOC(c3ccc(Cl)cc3)C1)[nH]c(=O)c1nnc(-c3cccs3)n12. The van der Waals surface area contributed by atoms with Gasteiger partial charge in [0.05, 0.1) is 29.1 Å². The quantitative estimate of drug-likeness (QED) is 0.390. The van der Waals surface area contributed by atoms with Gasteiger partial charge in [-0.05, 0) is 53.8 Å². The highest BCUT2D eigenvalue weighted by atomic mass is 35.5. The molecule has 8 nitrogen and oxygen atoms in total. The average Bonchev–Trinajstić information content (AvgIpc) is 3.55. The normalized spacial score (nSPS) is 16.3. The third-order valence-electron chi connectivity index (χ3n) is 6.27. The van der Waals surface area contributed by atoms with Crippen molar-refractivity contribution in [2.24, 2.45) is 0 Å². The number of benzene rings is 2. The van der Waals surface area contributed by atoms with Crippen molar-refractivity contribution in [3.63, 3.8) is 0 Å². The number of carbonyl (C=O) groups excluding carboxylic acids is 1. The highest BCUT2D eigenvalue weighted by Crippen LogP contribution is 2.28.